The molecule has 2 amide bonds. The first-order valence-electron chi connectivity index (χ1n) is 4.73. The van der Waals surface area contributed by atoms with Crippen LogP contribution in [0.2, 0.25) is 0 Å². The van der Waals surface area contributed by atoms with Gasteiger partial charge < -0.3 is 11.1 Å². The van der Waals surface area contributed by atoms with Gasteiger partial charge in [0.15, 0.2) is 0 Å². The Morgan fingerprint density at radius 1 is 1.29 bits per heavy atom. The second-order valence-corrected chi connectivity index (χ2v) is 2.81. The molecule has 0 spiro atoms. The van der Waals surface area contributed by atoms with Gasteiger partial charge in [-0.25, -0.2) is 4.79 Å². The summed E-state index contributed by atoms with van der Waals surface area (Å²) in [7, 11) is 0. The van der Waals surface area contributed by atoms with Crippen molar-refractivity contribution < 1.29 is 4.79 Å². The number of carbonyl (C=O) groups is 1. The number of hydrogen-bond donors (Lipinski definition) is 2. The molecule has 0 atom stereocenters. The van der Waals surface area contributed by atoms with E-state index in [4.69, 9.17) is 5.73 Å². The van der Waals surface area contributed by atoms with Gasteiger partial charge in [-0.2, -0.15) is 0 Å². The van der Waals surface area contributed by atoms with E-state index in [1.807, 2.05) is 45.9 Å². The highest BCUT2D eigenvalue weighted by Crippen LogP contribution is 2.15. The molecule has 0 aliphatic carbocycles. The Kier molecular flexibility index (Phi) is 5.37. The Balaban J connectivity index is 0.000000791. The number of carbonyl (C=O) groups excluding carboxylic acids is 1. The number of urea groups is 1. The second kappa shape index (κ2) is 6.02. The molecule has 3 nitrogen and oxygen atoms in total. The molecule has 0 bridgehead atoms. The van der Waals surface area contributed by atoms with Crippen LogP contribution in [0.25, 0.3) is 0 Å². The van der Waals surface area contributed by atoms with Crippen molar-refractivity contribution in [2.45, 2.75) is 27.7 Å². The Morgan fingerprint density at radius 2 is 1.86 bits per heavy atom. The van der Waals surface area contributed by atoms with Gasteiger partial charge in [-0.15, -0.1) is 0 Å². The molecule has 78 valence electrons. The van der Waals surface area contributed by atoms with E-state index in [1.54, 1.807) is 0 Å². The predicted molar refractivity (Wildman–Crippen MR) is 60.5 cm³/mol. The highest BCUT2D eigenvalue weighted by molar-refractivity contribution is 5.88. The summed E-state index contributed by atoms with van der Waals surface area (Å²) in [4.78, 5) is 10.5. The van der Waals surface area contributed by atoms with E-state index in [-0.39, 0.29) is 0 Å². The number of anilines is 1. The molecule has 0 saturated carbocycles. The van der Waals surface area contributed by atoms with Crippen LogP contribution in [0.5, 0.6) is 0 Å². The van der Waals surface area contributed by atoms with Crippen LogP contribution in [0.3, 0.4) is 0 Å². The third kappa shape index (κ3) is 3.94. The molecule has 0 aliphatic heterocycles. The molecule has 0 radical (unpaired) electrons. The summed E-state index contributed by atoms with van der Waals surface area (Å²) in [5, 5.41) is 2.54. The lowest BCUT2D eigenvalue weighted by Gasteiger charge is -2.05. The van der Waals surface area contributed by atoms with Crippen LogP contribution in [-0.4, -0.2) is 6.03 Å². The van der Waals surface area contributed by atoms with Gasteiger partial charge in [0.25, 0.3) is 0 Å². The van der Waals surface area contributed by atoms with Crippen molar-refractivity contribution in [3.63, 3.8) is 0 Å². The van der Waals surface area contributed by atoms with Crippen LogP contribution >= 0.6 is 0 Å². The van der Waals surface area contributed by atoms with E-state index in [0.717, 1.165) is 11.3 Å². The number of nitrogens with one attached hydrogen (secondary N) is 1. The number of rotatable bonds is 1. The zero-order chi connectivity index (χ0) is 11.1. The normalized spacial score (nSPS) is 8.57. The maximum absolute atomic E-state index is 10.5. The molecular weight excluding hydrogens is 176 g/mol. The number of amides is 2. The van der Waals surface area contributed by atoms with Crippen LogP contribution in [0.4, 0.5) is 10.5 Å². The predicted octanol–water partition coefficient (Wildman–Crippen LogP) is 2.82. The molecule has 1 aromatic rings. The lowest BCUT2D eigenvalue weighted by Crippen LogP contribution is -2.19. The summed E-state index contributed by atoms with van der Waals surface area (Å²) >= 11 is 0. The molecule has 1 aromatic carbocycles. The fourth-order valence-corrected chi connectivity index (χ4v) is 1.09. The lowest BCUT2D eigenvalue weighted by atomic mass is 10.1. The van der Waals surface area contributed by atoms with Crippen molar-refractivity contribution in [2.75, 3.05) is 5.32 Å². The third-order valence-corrected chi connectivity index (χ3v) is 1.64. The largest absolute Gasteiger partial charge is 0.351 e. The lowest BCUT2D eigenvalue weighted by molar-refractivity contribution is 0.259. The summed E-state index contributed by atoms with van der Waals surface area (Å²) in [6.07, 6.45) is 0. The minimum absolute atomic E-state index is 0.526. The fourth-order valence-electron chi connectivity index (χ4n) is 1.09. The summed E-state index contributed by atoms with van der Waals surface area (Å²) in [5.41, 5.74) is 7.94. The molecule has 0 heterocycles. The zero-order valence-corrected chi connectivity index (χ0v) is 9.22. The summed E-state index contributed by atoms with van der Waals surface area (Å²) in [5.74, 6) is 0. The minimum Gasteiger partial charge on any atom is -0.351 e. The Morgan fingerprint density at radius 3 is 2.29 bits per heavy atom. The Labute approximate surface area is 85.3 Å². The van der Waals surface area contributed by atoms with Crippen molar-refractivity contribution in [3.05, 3.63) is 29.3 Å². The van der Waals surface area contributed by atoms with Crippen LogP contribution < -0.4 is 11.1 Å². The fraction of sp³-hybridized carbons (Fsp3) is 0.364. The van der Waals surface area contributed by atoms with E-state index in [1.165, 1.54) is 5.56 Å². The molecule has 1 rings (SSSR count). The molecule has 0 fully saturated rings. The molecule has 0 unspecified atom stereocenters. The quantitative estimate of drug-likeness (QED) is 0.709. The zero-order valence-electron chi connectivity index (χ0n) is 9.22. The van der Waals surface area contributed by atoms with Gasteiger partial charge in [0.2, 0.25) is 0 Å². The van der Waals surface area contributed by atoms with Gasteiger partial charge in [0.1, 0.15) is 0 Å². The van der Waals surface area contributed by atoms with E-state index in [2.05, 4.69) is 5.32 Å². The monoisotopic (exact) mass is 194 g/mol. The standard InChI is InChI=1S/C9H12N2O.C2H6/c1-6-3-4-8(7(2)5-6)11-9(10)12;1-2/h3-5H,1-2H3,(H3,10,11,12);1-2H3. The van der Waals surface area contributed by atoms with E-state index >= 15 is 0 Å². The van der Waals surface area contributed by atoms with Gasteiger partial charge in [-0.05, 0) is 25.5 Å². The van der Waals surface area contributed by atoms with Gasteiger partial charge in [-0.3, -0.25) is 0 Å². The van der Waals surface area contributed by atoms with Gasteiger partial charge >= 0.3 is 6.03 Å². The summed E-state index contributed by atoms with van der Waals surface area (Å²) < 4.78 is 0. The van der Waals surface area contributed by atoms with Gasteiger partial charge in [0, 0.05) is 5.69 Å². The maximum Gasteiger partial charge on any atom is 0.316 e. The third-order valence-electron chi connectivity index (χ3n) is 1.64. The first kappa shape index (κ1) is 12.5. The minimum atomic E-state index is -0.526. The number of hydrogen-bond acceptors (Lipinski definition) is 1. The number of aryl methyl sites for hydroxylation is 2. The number of nitrogens with two attached hydrogens (primary N) is 1. The first-order valence-corrected chi connectivity index (χ1v) is 4.73. The van der Waals surface area contributed by atoms with Crippen LogP contribution in [0.1, 0.15) is 25.0 Å². The van der Waals surface area contributed by atoms with Crippen LogP contribution in [0, 0.1) is 13.8 Å². The van der Waals surface area contributed by atoms with Crippen molar-refractivity contribution in [2.24, 2.45) is 5.73 Å². The van der Waals surface area contributed by atoms with E-state index < -0.39 is 6.03 Å². The Hall–Kier alpha value is -1.51. The average Bonchev–Trinajstić information content (AvgIpc) is 2.13. The molecule has 0 saturated heterocycles. The van der Waals surface area contributed by atoms with E-state index in [0.29, 0.717) is 0 Å². The molecular formula is C11H18N2O. The number of primary amides is 1. The molecule has 3 heteroatoms. The van der Waals surface area contributed by atoms with Gasteiger partial charge in [-0.1, -0.05) is 31.5 Å². The maximum atomic E-state index is 10.5. The molecule has 0 aromatic heterocycles. The SMILES string of the molecule is CC.Cc1ccc(NC(N)=O)c(C)c1. The van der Waals surface area contributed by atoms with Crippen molar-refractivity contribution in [1.82, 2.24) is 0 Å². The van der Waals surface area contributed by atoms with Crippen molar-refractivity contribution >= 4 is 11.7 Å². The van der Waals surface area contributed by atoms with Crippen molar-refractivity contribution in [3.8, 4) is 0 Å². The summed E-state index contributed by atoms with van der Waals surface area (Å²) in [6.45, 7) is 7.93. The highest BCUT2D eigenvalue weighted by Gasteiger charge is 1.99. The topological polar surface area (TPSA) is 55.1 Å². The summed E-state index contributed by atoms with van der Waals surface area (Å²) in [6, 6.07) is 5.24. The Bertz CT molecular complexity index is 308. The molecule has 0 aliphatic rings. The van der Waals surface area contributed by atoms with Gasteiger partial charge in [0.05, 0.1) is 0 Å². The average molecular weight is 194 g/mol. The molecule has 14 heavy (non-hydrogen) atoms. The second-order valence-electron chi connectivity index (χ2n) is 2.81. The first-order chi connectivity index (χ1) is 6.59. The molecule has 3 N–H and O–H groups in total. The smallest absolute Gasteiger partial charge is 0.316 e. The highest BCUT2D eigenvalue weighted by atomic mass is 16.2. The number of benzene rings is 1. The van der Waals surface area contributed by atoms with Crippen LogP contribution in [0.15, 0.2) is 18.2 Å². The van der Waals surface area contributed by atoms with Crippen molar-refractivity contribution in [1.29, 1.82) is 0 Å². The van der Waals surface area contributed by atoms with E-state index in [9.17, 15) is 4.79 Å². The van der Waals surface area contributed by atoms with Crippen LogP contribution in [-0.2, 0) is 0 Å².